The van der Waals surface area contributed by atoms with E-state index in [0.717, 1.165) is 6.20 Å². The Bertz CT molecular complexity index is 695. The number of rotatable bonds is 4. The number of halogens is 3. The minimum Gasteiger partial charge on any atom is -0.378 e. The number of benzene rings is 1. The van der Waals surface area contributed by atoms with Gasteiger partial charge in [-0.25, -0.2) is 13.8 Å². The van der Waals surface area contributed by atoms with Gasteiger partial charge in [0, 0.05) is 24.7 Å². The van der Waals surface area contributed by atoms with Gasteiger partial charge in [-0.15, -0.1) is 0 Å². The second-order valence-electron chi connectivity index (χ2n) is 5.05. The molecule has 0 spiro atoms. The minimum absolute atomic E-state index is 0.246. The molecule has 1 aromatic carbocycles. The minimum atomic E-state index is -0.475. The molecule has 0 atom stereocenters. The van der Waals surface area contributed by atoms with Crippen LogP contribution < -0.4 is 10.2 Å². The first-order valence-corrected chi connectivity index (χ1v) is 7.54. The topological polar surface area (TPSA) is 50.3 Å². The fourth-order valence-corrected chi connectivity index (χ4v) is 2.51. The molecule has 1 fully saturated rings. The van der Waals surface area contributed by atoms with Crippen LogP contribution in [-0.4, -0.2) is 36.3 Å². The summed E-state index contributed by atoms with van der Waals surface area (Å²) in [4.78, 5) is 9.95. The molecule has 1 aliphatic heterocycles. The average molecular weight is 341 g/mol. The summed E-state index contributed by atoms with van der Waals surface area (Å²) in [5.41, 5.74) is 0.703. The van der Waals surface area contributed by atoms with E-state index in [1.807, 2.05) is 4.90 Å². The van der Waals surface area contributed by atoms with Gasteiger partial charge < -0.3 is 15.0 Å². The van der Waals surface area contributed by atoms with Crippen molar-refractivity contribution in [3.63, 3.8) is 0 Å². The number of nitrogens with one attached hydrogen (secondary N) is 1. The standard InChI is InChI=1S/C15H15ClF2N4O/c16-12-7-11(17)2-1-10(12)8-19-15-20-9-13(18)14(21-15)22-3-5-23-6-4-22/h1-2,7,9H,3-6,8H2,(H,19,20,21). The molecule has 1 aromatic heterocycles. The maximum absolute atomic E-state index is 13.9. The molecule has 2 aromatic rings. The summed E-state index contributed by atoms with van der Waals surface area (Å²) in [7, 11) is 0. The molecule has 0 saturated carbocycles. The Hall–Kier alpha value is -1.99. The fraction of sp³-hybridized carbons (Fsp3) is 0.333. The van der Waals surface area contributed by atoms with Crippen molar-refractivity contribution in [1.29, 1.82) is 0 Å². The monoisotopic (exact) mass is 340 g/mol. The van der Waals surface area contributed by atoms with Crippen molar-refractivity contribution in [3.05, 3.63) is 46.6 Å². The maximum atomic E-state index is 13.9. The number of nitrogens with zero attached hydrogens (tertiary/aromatic N) is 3. The summed E-state index contributed by atoms with van der Waals surface area (Å²) in [5, 5.41) is 3.29. The van der Waals surface area contributed by atoms with Gasteiger partial charge in [-0.05, 0) is 17.7 Å². The Morgan fingerprint density at radius 3 is 2.78 bits per heavy atom. The van der Waals surface area contributed by atoms with Crippen LogP contribution in [0.1, 0.15) is 5.56 Å². The molecule has 1 N–H and O–H groups in total. The van der Waals surface area contributed by atoms with Gasteiger partial charge in [0.1, 0.15) is 5.82 Å². The highest BCUT2D eigenvalue weighted by atomic mass is 35.5. The first kappa shape index (κ1) is 15.9. The van der Waals surface area contributed by atoms with E-state index in [1.54, 1.807) is 6.07 Å². The van der Waals surface area contributed by atoms with Crippen LogP contribution in [0.15, 0.2) is 24.4 Å². The zero-order valence-corrected chi connectivity index (χ0v) is 13.0. The van der Waals surface area contributed by atoms with Gasteiger partial charge in [0.25, 0.3) is 0 Å². The van der Waals surface area contributed by atoms with E-state index >= 15 is 0 Å². The first-order valence-electron chi connectivity index (χ1n) is 7.16. The number of hydrogen-bond donors (Lipinski definition) is 1. The lowest BCUT2D eigenvalue weighted by Crippen LogP contribution is -2.37. The lowest BCUT2D eigenvalue weighted by Gasteiger charge is -2.28. The van der Waals surface area contributed by atoms with Crippen molar-refractivity contribution in [2.75, 3.05) is 36.5 Å². The number of ether oxygens (including phenoxy) is 1. The van der Waals surface area contributed by atoms with E-state index < -0.39 is 11.6 Å². The zero-order chi connectivity index (χ0) is 16.2. The Morgan fingerprint density at radius 1 is 1.26 bits per heavy atom. The molecule has 1 aliphatic rings. The molecule has 23 heavy (non-hydrogen) atoms. The number of aromatic nitrogens is 2. The van der Waals surface area contributed by atoms with Gasteiger partial charge in [0.15, 0.2) is 11.6 Å². The summed E-state index contributed by atoms with van der Waals surface area (Å²) >= 11 is 5.97. The van der Waals surface area contributed by atoms with E-state index in [4.69, 9.17) is 16.3 Å². The van der Waals surface area contributed by atoms with E-state index in [2.05, 4.69) is 15.3 Å². The van der Waals surface area contributed by atoms with Crippen LogP contribution in [0.25, 0.3) is 0 Å². The molecule has 0 radical (unpaired) electrons. The SMILES string of the molecule is Fc1ccc(CNc2ncc(F)c(N3CCOCC3)n2)c(Cl)c1. The molecule has 8 heteroatoms. The van der Waals surface area contributed by atoms with Crippen LogP contribution in [0.3, 0.4) is 0 Å². The number of anilines is 2. The average Bonchev–Trinajstić information content (AvgIpc) is 2.56. The highest BCUT2D eigenvalue weighted by molar-refractivity contribution is 6.31. The van der Waals surface area contributed by atoms with Crippen molar-refractivity contribution in [2.45, 2.75) is 6.54 Å². The maximum Gasteiger partial charge on any atom is 0.225 e. The smallest absolute Gasteiger partial charge is 0.225 e. The fourth-order valence-electron chi connectivity index (χ4n) is 2.28. The van der Waals surface area contributed by atoms with Crippen LogP contribution in [0.4, 0.5) is 20.5 Å². The molecule has 0 bridgehead atoms. The van der Waals surface area contributed by atoms with Crippen molar-refractivity contribution in [3.8, 4) is 0 Å². The zero-order valence-electron chi connectivity index (χ0n) is 12.2. The van der Waals surface area contributed by atoms with Crippen molar-refractivity contribution in [2.24, 2.45) is 0 Å². The van der Waals surface area contributed by atoms with Gasteiger partial charge >= 0.3 is 0 Å². The van der Waals surface area contributed by atoms with Gasteiger partial charge in [-0.1, -0.05) is 17.7 Å². The highest BCUT2D eigenvalue weighted by Gasteiger charge is 2.17. The van der Waals surface area contributed by atoms with Crippen LogP contribution in [-0.2, 0) is 11.3 Å². The summed E-state index contributed by atoms with van der Waals surface area (Å²) in [6, 6.07) is 4.15. The van der Waals surface area contributed by atoms with Gasteiger partial charge in [0.2, 0.25) is 5.95 Å². The van der Waals surface area contributed by atoms with E-state index in [-0.39, 0.29) is 11.8 Å². The lowest BCUT2D eigenvalue weighted by molar-refractivity contribution is 0.122. The van der Waals surface area contributed by atoms with Crippen LogP contribution >= 0.6 is 11.6 Å². The van der Waals surface area contributed by atoms with Crippen molar-refractivity contribution in [1.82, 2.24) is 9.97 Å². The third-order valence-corrected chi connectivity index (χ3v) is 3.84. The van der Waals surface area contributed by atoms with Crippen molar-refractivity contribution < 1.29 is 13.5 Å². The second-order valence-corrected chi connectivity index (χ2v) is 5.46. The van der Waals surface area contributed by atoms with Crippen molar-refractivity contribution >= 4 is 23.4 Å². The Labute approximate surface area is 137 Å². The molecule has 0 aliphatic carbocycles. The Morgan fingerprint density at radius 2 is 2.04 bits per heavy atom. The molecular weight excluding hydrogens is 326 g/mol. The van der Waals surface area contributed by atoms with Gasteiger partial charge in [-0.3, -0.25) is 0 Å². The third-order valence-electron chi connectivity index (χ3n) is 3.49. The normalized spacial score (nSPS) is 14.8. The van der Waals surface area contributed by atoms with E-state index in [1.165, 1.54) is 12.1 Å². The summed E-state index contributed by atoms with van der Waals surface area (Å²) < 4.78 is 32.2. The quantitative estimate of drug-likeness (QED) is 0.927. The predicted molar refractivity (Wildman–Crippen MR) is 83.8 cm³/mol. The predicted octanol–water partition coefficient (Wildman–Crippen LogP) is 2.86. The molecule has 5 nitrogen and oxygen atoms in total. The van der Waals surface area contributed by atoms with Gasteiger partial charge in [0.05, 0.1) is 19.4 Å². The molecule has 0 amide bonds. The molecule has 3 rings (SSSR count). The summed E-state index contributed by atoms with van der Waals surface area (Å²) in [6.07, 6.45) is 1.13. The van der Waals surface area contributed by atoms with E-state index in [0.29, 0.717) is 43.4 Å². The van der Waals surface area contributed by atoms with Crippen LogP contribution in [0.5, 0.6) is 0 Å². The summed E-state index contributed by atoms with van der Waals surface area (Å²) in [6.45, 7) is 2.55. The van der Waals surface area contributed by atoms with E-state index in [9.17, 15) is 8.78 Å². The van der Waals surface area contributed by atoms with Crippen LogP contribution in [0, 0.1) is 11.6 Å². The van der Waals surface area contributed by atoms with Crippen LogP contribution in [0.2, 0.25) is 5.02 Å². The third kappa shape index (κ3) is 3.86. The first-order chi connectivity index (χ1) is 11.1. The molecular formula is C15H15ClF2N4O. The molecule has 122 valence electrons. The summed E-state index contributed by atoms with van der Waals surface area (Å²) in [5.74, 6) is -0.340. The largest absolute Gasteiger partial charge is 0.378 e. The number of morpholine rings is 1. The second kappa shape index (κ2) is 7.06. The Balaban J connectivity index is 1.72. The molecule has 0 unspecified atom stereocenters. The van der Waals surface area contributed by atoms with Gasteiger partial charge in [-0.2, -0.15) is 4.98 Å². The molecule has 1 saturated heterocycles. The highest BCUT2D eigenvalue weighted by Crippen LogP contribution is 2.21. The lowest BCUT2D eigenvalue weighted by atomic mass is 10.2. The Kier molecular flexibility index (Phi) is 4.88. The number of hydrogen-bond acceptors (Lipinski definition) is 5. The molecule has 2 heterocycles.